The maximum absolute atomic E-state index is 13.4. The average Bonchev–Trinajstić information content (AvgIpc) is 2.97. The molecule has 0 heterocycles. The molecule has 0 unspecified atom stereocenters. The first-order valence-corrected chi connectivity index (χ1v) is 6.00. The first-order valence-electron chi connectivity index (χ1n) is 5.21. The van der Waals surface area contributed by atoms with Gasteiger partial charge in [-0.2, -0.15) is 5.26 Å². The second-order valence-corrected chi connectivity index (χ2v) is 5.18. The van der Waals surface area contributed by atoms with Gasteiger partial charge in [0, 0.05) is 17.9 Å². The summed E-state index contributed by atoms with van der Waals surface area (Å²) in [5, 5.41) is 8.65. The van der Waals surface area contributed by atoms with Gasteiger partial charge in [-0.1, -0.05) is 0 Å². The molecule has 0 saturated heterocycles. The Labute approximate surface area is 106 Å². The monoisotopic (exact) mass is 301 g/mol. The fraction of sp³-hybridized carbons (Fsp3) is 0.417. The topological polar surface area (TPSA) is 33.0 Å². The van der Waals surface area contributed by atoms with Crippen molar-refractivity contribution in [1.29, 1.82) is 5.26 Å². The minimum Gasteiger partial charge on any atom is -0.489 e. The number of hydrogen-bond acceptors (Lipinski definition) is 2. The van der Waals surface area contributed by atoms with Crippen LogP contribution in [0.25, 0.3) is 0 Å². The number of rotatable bonds is 4. The minimum atomic E-state index is -0.732. The highest BCUT2D eigenvalue weighted by molar-refractivity contribution is 9.10. The predicted octanol–water partition coefficient (Wildman–Crippen LogP) is 3.80. The Kier molecular flexibility index (Phi) is 3.34. The van der Waals surface area contributed by atoms with Crippen LogP contribution in [0.5, 0.6) is 5.75 Å². The van der Waals surface area contributed by atoms with Crippen molar-refractivity contribution in [2.75, 3.05) is 6.61 Å². The first kappa shape index (κ1) is 12.3. The molecule has 90 valence electrons. The quantitative estimate of drug-likeness (QED) is 0.847. The summed E-state index contributed by atoms with van der Waals surface area (Å²) in [6.07, 6.45) is 2.25. The summed E-state index contributed by atoms with van der Waals surface area (Å²) in [6.45, 7) is 0.293. The molecule has 0 N–H and O–H groups in total. The Hall–Kier alpha value is -1.15. The van der Waals surface area contributed by atoms with Crippen molar-refractivity contribution in [3.8, 4) is 11.8 Å². The molecule has 0 atom stereocenters. The average molecular weight is 302 g/mol. The van der Waals surface area contributed by atoms with E-state index in [0.29, 0.717) is 13.0 Å². The maximum Gasteiger partial charge on any atom is 0.169 e. The summed E-state index contributed by atoms with van der Waals surface area (Å²) in [7, 11) is 0. The molecule has 0 amide bonds. The molecular formula is C12H10BrF2NO. The van der Waals surface area contributed by atoms with Gasteiger partial charge in [0.25, 0.3) is 0 Å². The second-order valence-electron chi connectivity index (χ2n) is 4.32. The largest absolute Gasteiger partial charge is 0.489 e. The van der Waals surface area contributed by atoms with Gasteiger partial charge in [0.15, 0.2) is 11.6 Å². The molecular weight excluding hydrogens is 292 g/mol. The molecule has 1 aromatic rings. The molecule has 0 radical (unpaired) electrons. The Bertz CT molecular complexity index is 457. The van der Waals surface area contributed by atoms with E-state index in [4.69, 9.17) is 10.00 Å². The molecule has 1 saturated carbocycles. The van der Waals surface area contributed by atoms with Crippen molar-refractivity contribution in [2.24, 2.45) is 5.41 Å². The van der Waals surface area contributed by atoms with E-state index >= 15 is 0 Å². The summed E-state index contributed by atoms with van der Waals surface area (Å²) in [4.78, 5) is 0. The van der Waals surface area contributed by atoms with Crippen molar-refractivity contribution in [2.45, 2.75) is 19.3 Å². The maximum atomic E-state index is 13.4. The van der Waals surface area contributed by atoms with Gasteiger partial charge in [-0.3, -0.25) is 0 Å². The third-order valence-electron chi connectivity index (χ3n) is 2.90. The number of ether oxygens (including phenoxy) is 1. The molecule has 0 spiro atoms. The van der Waals surface area contributed by atoms with E-state index in [0.717, 1.165) is 25.0 Å². The minimum absolute atomic E-state index is 0.00983. The zero-order valence-electron chi connectivity index (χ0n) is 8.97. The number of nitriles is 1. The first-order chi connectivity index (χ1) is 8.06. The van der Waals surface area contributed by atoms with Crippen molar-refractivity contribution >= 4 is 15.9 Å². The van der Waals surface area contributed by atoms with Gasteiger partial charge in [-0.05, 0) is 34.8 Å². The van der Waals surface area contributed by atoms with E-state index in [1.807, 2.05) is 0 Å². The molecule has 0 aliphatic heterocycles. The van der Waals surface area contributed by atoms with Crippen LogP contribution in [0.4, 0.5) is 8.78 Å². The Morgan fingerprint density at radius 1 is 1.41 bits per heavy atom. The smallest absolute Gasteiger partial charge is 0.169 e. The number of benzene rings is 1. The molecule has 2 rings (SSSR count). The lowest BCUT2D eigenvalue weighted by molar-refractivity contribution is 0.226. The highest BCUT2D eigenvalue weighted by atomic mass is 79.9. The van der Waals surface area contributed by atoms with E-state index in [9.17, 15) is 8.78 Å². The molecule has 5 heteroatoms. The zero-order valence-corrected chi connectivity index (χ0v) is 10.6. The molecule has 17 heavy (non-hydrogen) atoms. The highest BCUT2D eigenvalue weighted by Crippen LogP contribution is 2.49. The van der Waals surface area contributed by atoms with Crippen LogP contribution in [0.1, 0.15) is 19.3 Å². The normalized spacial score (nSPS) is 16.4. The van der Waals surface area contributed by atoms with Crippen LogP contribution in [0.15, 0.2) is 16.6 Å². The van der Waals surface area contributed by atoms with Crippen LogP contribution in [0, 0.1) is 28.4 Å². The van der Waals surface area contributed by atoms with Crippen molar-refractivity contribution in [3.63, 3.8) is 0 Å². The van der Waals surface area contributed by atoms with Crippen molar-refractivity contribution < 1.29 is 13.5 Å². The summed E-state index contributed by atoms with van der Waals surface area (Å²) in [6, 6.07) is 4.04. The van der Waals surface area contributed by atoms with E-state index < -0.39 is 11.6 Å². The van der Waals surface area contributed by atoms with Gasteiger partial charge in [0.1, 0.15) is 5.82 Å². The molecule has 1 aromatic carbocycles. The lowest BCUT2D eigenvalue weighted by Crippen LogP contribution is -2.13. The van der Waals surface area contributed by atoms with Gasteiger partial charge < -0.3 is 4.74 Å². The molecule has 1 aliphatic carbocycles. The summed E-state index contributed by atoms with van der Waals surface area (Å²) < 4.78 is 31.9. The van der Waals surface area contributed by atoms with Crippen LogP contribution >= 0.6 is 15.9 Å². The molecule has 0 bridgehead atoms. The van der Waals surface area contributed by atoms with Crippen LogP contribution in [0.2, 0.25) is 0 Å². The van der Waals surface area contributed by atoms with Crippen LogP contribution in [-0.4, -0.2) is 6.61 Å². The van der Waals surface area contributed by atoms with E-state index in [1.165, 1.54) is 0 Å². The third-order valence-corrected chi connectivity index (χ3v) is 3.49. The summed E-state index contributed by atoms with van der Waals surface area (Å²) >= 11 is 3.06. The van der Waals surface area contributed by atoms with Crippen molar-refractivity contribution in [1.82, 2.24) is 0 Å². The fourth-order valence-corrected chi connectivity index (χ4v) is 2.13. The van der Waals surface area contributed by atoms with Crippen LogP contribution < -0.4 is 4.74 Å². The summed E-state index contributed by atoms with van der Waals surface area (Å²) in [5.74, 6) is -1.37. The fourth-order valence-electron chi connectivity index (χ4n) is 1.61. The standard InChI is InChI=1S/C12H10BrF2NO/c13-9-5-8(14)6-10(15)11(9)17-7-12(1-2-12)3-4-16/h5-6H,1-3,7H2. The highest BCUT2D eigenvalue weighted by Gasteiger charge is 2.43. The second kappa shape index (κ2) is 4.61. The molecule has 0 aromatic heterocycles. The predicted molar refractivity (Wildman–Crippen MR) is 61.5 cm³/mol. The zero-order chi connectivity index (χ0) is 12.5. The van der Waals surface area contributed by atoms with Gasteiger partial charge in [0.2, 0.25) is 0 Å². The molecule has 2 nitrogen and oxygen atoms in total. The number of halogens is 3. The Morgan fingerprint density at radius 2 is 2.12 bits per heavy atom. The van der Waals surface area contributed by atoms with Gasteiger partial charge in [-0.15, -0.1) is 0 Å². The van der Waals surface area contributed by atoms with Crippen LogP contribution in [-0.2, 0) is 0 Å². The SMILES string of the molecule is N#CCC1(COc2c(F)cc(F)cc2Br)CC1. The van der Waals surface area contributed by atoms with Gasteiger partial charge in [0.05, 0.1) is 17.1 Å². The van der Waals surface area contributed by atoms with E-state index in [2.05, 4.69) is 22.0 Å². The summed E-state index contributed by atoms with van der Waals surface area (Å²) in [5.41, 5.74) is -0.130. The van der Waals surface area contributed by atoms with Crippen LogP contribution in [0.3, 0.4) is 0 Å². The Morgan fingerprint density at radius 3 is 2.65 bits per heavy atom. The molecule has 1 aliphatic rings. The number of hydrogen-bond donors (Lipinski definition) is 0. The third kappa shape index (κ3) is 2.75. The van der Waals surface area contributed by atoms with Crippen molar-refractivity contribution in [3.05, 3.63) is 28.2 Å². The Balaban J connectivity index is 2.07. The van der Waals surface area contributed by atoms with E-state index in [1.54, 1.807) is 0 Å². The lowest BCUT2D eigenvalue weighted by atomic mass is 10.1. The number of nitrogens with zero attached hydrogens (tertiary/aromatic N) is 1. The lowest BCUT2D eigenvalue weighted by Gasteiger charge is -2.14. The van der Waals surface area contributed by atoms with E-state index in [-0.39, 0.29) is 15.6 Å². The molecule has 1 fully saturated rings. The van der Waals surface area contributed by atoms with Gasteiger partial charge >= 0.3 is 0 Å². The van der Waals surface area contributed by atoms with Gasteiger partial charge in [-0.25, -0.2) is 8.78 Å².